The fourth-order valence-electron chi connectivity index (χ4n) is 3.14. The minimum absolute atomic E-state index is 0.00757. The molecule has 1 aliphatic rings. The molecule has 5 nitrogen and oxygen atoms in total. The van der Waals surface area contributed by atoms with Gasteiger partial charge in [0.15, 0.2) is 11.5 Å². The van der Waals surface area contributed by atoms with E-state index in [0.717, 1.165) is 36.3 Å². The van der Waals surface area contributed by atoms with Crippen LogP contribution in [0, 0.1) is 5.92 Å². The molecule has 1 heterocycles. The lowest BCUT2D eigenvalue weighted by Gasteiger charge is -2.20. The summed E-state index contributed by atoms with van der Waals surface area (Å²) >= 11 is 0. The quantitative estimate of drug-likeness (QED) is 0.743. The molecular formula is C22H28N2O3. The number of fused-ring (bicyclic) bond motifs is 1. The van der Waals surface area contributed by atoms with Crippen LogP contribution in [0.1, 0.15) is 31.4 Å². The summed E-state index contributed by atoms with van der Waals surface area (Å²) in [5.74, 6) is 2.11. The van der Waals surface area contributed by atoms with Crippen molar-refractivity contribution in [2.75, 3.05) is 13.3 Å². The molecule has 3 rings (SSSR count). The number of ether oxygens (including phenoxy) is 2. The Kier molecular flexibility index (Phi) is 6.58. The molecule has 1 atom stereocenters. The topological polar surface area (TPSA) is 59.6 Å². The van der Waals surface area contributed by atoms with Crippen LogP contribution >= 0.6 is 0 Å². The van der Waals surface area contributed by atoms with Crippen molar-refractivity contribution in [3.63, 3.8) is 0 Å². The highest BCUT2D eigenvalue weighted by Crippen LogP contribution is 2.32. The van der Waals surface area contributed by atoms with Crippen LogP contribution in [0.4, 0.5) is 4.79 Å². The van der Waals surface area contributed by atoms with Crippen LogP contribution in [0.2, 0.25) is 0 Å². The average Bonchev–Trinajstić information content (AvgIpc) is 3.10. The first-order valence-corrected chi connectivity index (χ1v) is 9.57. The van der Waals surface area contributed by atoms with E-state index >= 15 is 0 Å². The summed E-state index contributed by atoms with van der Waals surface area (Å²) in [6.07, 6.45) is 2.47. The van der Waals surface area contributed by atoms with Crippen LogP contribution in [0.25, 0.3) is 0 Å². The molecule has 0 aliphatic carbocycles. The molecule has 144 valence electrons. The standard InChI is InChI=1S/C22H28N2O3/c1-16(2)10-11-23-22(25)24-19(12-17-6-4-3-5-7-17)13-18-8-9-20-21(14-18)27-15-26-20/h3-9,14,16,19H,10-13,15H2,1-2H3,(H2,23,24,25)/t19-/m0/s1. The van der Waals surface area contributed by atoms with Crippen LogP contribution < -0.4 is 20.1 Å². The summed E-state index contributed by atoms with van der Waals surface area (Å²) in [4.78, 5) is 12.3. The van der Waals surface area contributed by atoms with Crippen molar-refractivity contribution in [1.29, 1.82) is 0 Å². The Morgan fingerprint density at radius 1 is 1.00 bits per heavy atom. The number of rotatable bonds is 8. The molecule has 0 bridgehead atoms. The molecular weight excluding hydrogens is 340 g/mol. The van der Waals surface area contributed by atoms with E-state index in [1.165, 1.54) is 5.56 Å². The third kappa shape index (κ3) is 5.91. The number of urea groups is 1. The summed E-state index contributed by atoms with van der Waals surface area (Å²) < 4.78 is 10.9. The molecule has 0 fully saturated rings. The lowest BCUT2D eigenvalue weighted by Crippen LogP contribution is -2.44. The van der Waals surface area contributed by atoms with Crippen molar-refractivity contribution in [1.82, 2.24) is 10.6 Å². The molecule has 0 radical (unpaired) electrons. The van der Waals surface area contributed by atoms with Crippen LogP contribution in [-0.2, 0) is 12.8 Å². The summed E-state index contributed by atoms with van der Waals surface area (Å²) in [6, 6.07) is 16.1. The lowest BCUT2D eigenvalue weighted by molar-refractivity contribution is 0.174. The average molecular weight is 368 g/mol. The predicted molar refractivity (Wildman–Crippen MR) is 106 cm³/mol. The number of carbonyl (C=O) groups excluding carboxylic acids is 1. The zero-order chi connectivity index (χ0) is 19.1. The Morgan fingerprint density at radius 3 is 2.52 bits per heavy atom. The fraction of sp³-hybridized carbons (Fsp3) is 0.409. The molecule has 0 saturated carbocycles. The van der Waals surface area contributed by atoms with Crippen LogP contribution in [0.3, 0.4) is 0 Å². The highest BCUT2D eigenvalue weighted by molar-refractivity contribution is 5.74. The molecule has 2 aromatic carbocycles. The molecule has 0 unspecified atom stereocenters. The van der Waals surface area contributed by atoms with Crippen molar-refractivity contribution in [3.8, 4) is 11.5 Å². The Hall–Kier alpha value is -2.69. The Balaban J connectivity index is 1.64. The third-order valence-corrected chi connectivity index (χ3v) is 4.59. The number of carbonyl (C=O) groups is 1. The van der Waals surface area contributed by atoms with E-state index in [1.54, 1.807) is 0 Å². The number of hydrogen-bond acceptors (Lipinski definition) is 3. The Bertz CT molecular complexity index is 746. The van der Waals surface area contributed by atoms with E-state index in [4.69, 9.17) is 9.47 Å². The molecule has 1 aliphatic heterocycles. The highest BCUT2D eigenvalue weighted by atomic mass is 16.7. The molecule has 0 spiro atoms. The summed E-state index contributed by atoms with van der Waals surface area (Å²) in [7, 11) is 0. The van der Waals surface area contributed by atoms with Gasteiger partial charge in [-0.15, -0.1) is 0 Å². The molecule has 27 heavy (non-hydrogen) atoms. The first kappa shape index (κ1) is 19.1. The van der Waals surface area contributed by atoms with Gasteiger partial charge in [-0.1, -0.05) is 50.2 Å². The normalized spacial score (nSPS) is 13.4. The van der Waals surface area contributed by atoms with Gasteiger partial charge in [-0.25, -0.2) is 4.79 Å². The number of benzene rings is 2. The van der Waals surface area contributed by atoms with Crippen LogP contribution in [0.5, 0.6) is 11.5 Å². The van der Waals surface area contributed by atoms with E-state index in [9.17, 15) is 4.79 Å². The van der Waals surface area contributed by atoms with Crippen molar-refractivity contribution in [2.45, 2.75) is 39.2 Å². The minimum atomic E-state index is -0.114. The van der Waals surface area contributed by atoms with E-state index in [1.807, 2.05) is 36.4 Å². The second-order valence-corrected chi connectivity index (χ2v) is 7.36. The van der Waals surface area contributed by atoms with Gasteiger partial charge in [0.1, 0.15) is 0 Å². The van der Waals surface area contributed by atoms with E-state index in [2.05, 4.69) is 36.6 Å². The Labute approximate surface area is 161 Å². The van der Waals surface area contributed by atoms with E-state index < -0.39 is 0 Å². The monoisotopic (exact) mass is 368 g/mol. The smallest absolute Gasteiger partial charge is 0.315 e. The van der Waals surface area contributed by atoms with Gasteiger partial charge in [-0.2, -0.15) is 0 Å². The molecule has 5 heteroatoms. The van der Waals surface area contributed by atoms with Gasteiger partial charge >= 0.3 is 6.03 Å². The summed E-state index contributed by atoms with van der Waals surface area (Å²) in [5.41, 5.74) is 2.31. The molecule has 2 amide bonds. The fourth-order valence-corrected chi connectivity index (χ4v) is 3.14. The van der Waals surface area contributed by atoms with Crippen molar-refractivity contribution < 1.29 is 14.3 Å². The lowest BCUT2D eigenvalue weighted by atomic mass is 9.98. The Morgan fingerprint density at radius 2 is 1.74 bits per heavy atom. The maximum Gasteiger partial charge on any atom is 0.315 e. The summed E-state index contributed by atoms with van der Waals surface area (Å²) in [5, 5.41) is 6.10. The second kappa shape index (κ2) is 9.31. The second-order valence-electron chi connectivity index (χ2n) is 7.36. The van der Waals surface area contributed by atoms with Gasteiger partial charge in [0.2, 0.25) is 6.79 Å². The van der Waals surface area contributed by atoms with Gasteiger partial charge in [-0.05, 0) is 48.4 Å². The third-order valence-electron chi connectivity index (χ3n) is 4.59. The minimum Gasteiger partial charge on any atom is -0.454 e. The molecule has 2 aromatic rings. The van der Waals surface area contributed by atoms with E-state index in [-0.39, 0.29) is 18.9 Å². The zero-order valence-corrected chi connectivity index (χ0v) is 16.0. The zero-order valence-electron chi connectivity index (χ0n) is 16.0. The summed E-state index contributed by atoms with van der Waals surface area (Å²) in [6.45, 7) is 5.25. The molecule has 0 aromatic heterocycles. The largest absolute Gasteiger partial charge is 0.454 e. The number of nitrogens with one attached hydrogen (secondary N) is 2. The maximum atomic E-state index is 12.3. The molecule has 0 saturated heterocycles. The highest BCUT2D eigenvalue weighted by Gasteiger charge is 2.17. The van der Waals surface area contributed by atoms with E-state index in [0.29, 0.717) is 12.5 Å². The maximum absolute atomic E-state index is 12.3. The van der Waals surface area contributed by atoms with Gasteiger partial charge < -0.3 is 20.1 Å². The van der Waals surface area contributed by atoms with Crippen LogP contribution in [-0.4, -0.2) is 25.4 Å². The van der Waals surface area contributed by atoms with Gasteiger partial charge in [0.25, 0.3) is 0 Å². The number of amides is 2. The number of hydrogen-bond donors (Lipinski definition) is 2. The van der Waals surface area contributed by atoms with Crippen molar-refractivity contribution in [3.05, 3.63) is 59.7 Å². The molecule has 2 N–H and O–H groups in total. The SMILES string of the molecule is CC(C)CCNC(=O)N[C@@H](Cc1ccccc1)Cc1ccc2c(c1)OCO2. The van der Waals surface area contributed by atoms with Gasteiger partial charge in [0, 0.05) is 12.6 Å². The van der Waals surface area contributed by atoms with Crippen molar-refractivity contribution in [2.24, 2.45) is 5.92 Å². The van der Waals surface area contributed by atoms with Gasteiger partial charge in [0.05, 0.1) is 0 Å². The van der Waals surface area contributed by atoms with Crippen LogP contribution in [0.15, 0.2) is 48.5 Å². The van der Waals surface area contributed by atoms with Gasteiger partial charge in [-0.3, -0.25) is 0 Å². The van der Waals surface area contributed by atoms with Crippen molar-refractivity contribution >= 4 is 6.03 Å². The predicted octanol–water partition coefficient (Wildman–Crippen LogP) is 3.91. The first-order chi connectivity index (χ1) is 13.1. The first-order valence-electron chi connectivity index (χ1n) is 9.57.